The molecule has 3 aromatic rings. The molecule has 132 valence electrons. The normalized spacial score (nSPS) is 12.8. The molecule has 0 saturated heterocycles. The summed E-state index contributed by atoms with van der Waals surface area (Å²) < 4.78 is 10.8. The van der Waals surface area contributed by atoms with Gasteiger partial charge in [0, 0.05) is 17.5 Å². The Labute approximate surface area is 149 Å². The van der Waals surface area contributed by atoms with Crippen molar-refractivity contribution < 1.29 is 19.4 Å². The number of carboxylic acids is 1. The van der Waals surface area contributed by atoms with Gasteiger partial charge < -0.3 is 19.9 Å². The lowest BCUT2D eigenvalue weighted by molar-refractivity contribution is 0.0690. The van der Waals surface area contributed by atoms with E-state index in [0.717, 1.165) is 33.6 Å². The van der Waals surface area contributed by atoms with Crippen LogP contribution in [0.5, 0.6) is 5.75 Å². The number of carbonyl (C=O) groups is 1. The van der Waals surface area contributed by atoms with Crippen LogP contribution in [0.1, 0.15) is 27.2 Å². The van der Waals surface area contributed by atoms with Gasteiger partial charge in [-0.05, 0) is 29.3 Å². The molecule has 1 aliphatic heterocycles. The molecule has 1 aromatic carbocycles. The van der Waals surface area contributed by atoms with E-state index in [0.29, 0.717) is 25.3 Å². The van der Waals surface area contributed by atoms with E-state index in [9.17, 15) is 4.79 Å². The third-order valence-corrected chi connectivity index (χ3v) is 4.42. The van der Waals surface area contributed by atoms with E-state index in [1.807, 2.05) is 24.3 Å². The van der Waals surface area contributed by atoms with Gasteiger partial charge in [-0.25, -0.2) is 14.8 Å². The van der Waals surface area contributed by atoms with E-state index in [2.05, 4.69) is 15.3 Å². The van der Waals surface area contributed by atoms with Crippen LogP contribution in [0, 0.1) is 0 Å². The summed E-state index contributed by atoms with van der Waals surface area (Å²) in [5, 5.41) is 13.3. The van der Waals surface area contributed by atoms with Crippen LogP contribution in [0.3, 0.4) is 0 Å². The van der Waals surface area contributed by atoms with Crippen molar-refractivity contribution in [1.82, 2.24) is 9.97 Å². The van der Waals surface area contributed by atoms with Gasteiger partial charge in [-0.1, -0.05) is 12.1 Å². The van der Waals surface area contributed by atoms with Crippen LogP contribution in [-0.2, 0) is 24.5 Å². The lowest BCUT2D eigenvalue weighted by Gasteiger charge is -2.12. The summed E-state index contributed by atoms with van der Waals surface area (Å²) in [4.78, 5) is 19.8. The second-order valence-corrected chi connectivity index (χ2v) is 6.00. The van der Waals surface area contributed by atoms with Gasteiger partial charge in [0.25, 0.3) is 0 Å². The molecule has 0 atom stereocenters. The summed E-state index contributed by atoms with van der Waals surface area (Å²) in [5.74, 6) is 0.499. The SMILES string of the molecule is COc1ccc(CNc2nc3cnc(C(=O)O)cc3c3c2COC3)cc1. The number of hydrogen-bond acceptors (Lipinski definition) is 6. The second-order valence-electron chi connectivity index (χ2n) is 6.00. The molecule has 2 aromatic heterocycles. The molecule has 26 heavy (non-hydrogen) atoms. The van der Waals surface area contributed by atoms with Crippen molar-refractivity contribution in [2.45, 2.75) is 19.8 Å². The van der Waals surface area contributed by atoms with Crippen molar-refractivity contribution in [2.75, 3.05) is 12.4 Å². The number of rotatable bonds is 5. The lowest BCUT2D eigenvalue weighted by Crippen LogP contribution is -2.07. The zero-order valence-corrected chi connectivity index (χ0v) is 14.2. The maximum absolute atomic E-state index is 11.2. The van der Waals surface area contributed by atoms with Crippen molar-refractivity contribution in [2.24, 2.45) is 0 Å². The molecule has 0 saturated carbocycles. The van der Waals surface area contributed by atoms with Crippen LogP contribution in [0.4, 0.5) is 5.82 Å². The van der Waals surface area contributed by atoms with Crippen LogP contribution in [0.15, 0.2) is 36.5 Å². The molecule has 2 N–H and O–H groups in total. The average Bonchev–Trinajstić information content (AvgIpc) is 3.16. The number of anilines is 1. The summed E-state index contributed by atoms with van der Waals surface area (Å²) >= 11 is 0. The first-order valence-electron chi connectivity index (χ1n) is 8.15. The Morgan fingerprint density at radius 2 is 2.04 bits per heavy atom. The molecule has 0 aliphatic carbocycles. The summed E-state index contributed by atoms with van der Waals surface area (Å²) in [7, 11) is 1.64. The minimum atomic E-state index is -1.05. The van der Waals surface area contributed by atoms with Crippen molar-refractivity contribution in [3.63, 3.8) is 0 Å². The first kappa shape index (κ1) is 16.3. The lowest BCUT2D eigenvalue weighted by atomic mass is 10.1. The fourth-order valence-corrected chi connectivity index (χ4v) is 3.04. The van der Waals surface area contributed by atoms with E-state index in [-0.39, 0.29) is 5.69 Å². The fourth-order valence-electron chi connectivity index (χ4n) is 3.04. The largest absolute Gasteiger partial charge is 0.497 e. The third-order valence-electron chi connectivity index (χ3n) is 4.42. The van der Waals surface area contributed by atoms with Crippen LogP contribution in [0.2, 0.25) is 0 Å². The Balaban J connectivity index is 1.67. The highest BCUT2D eigenvalue weighted by Gasteiger charge is 2.21. The van der Waals surface area contributed by atoms with Crippen molar-refractivity contribution in [1.29, 1.82) is 0 Å². The second kappa shape index (κ2) is 6.61. The van der Waals surface area contributed by atoms with E-state index >= 15 is 0 Å². The molecule has 0 spiro atoms. The zero-order chi connectivity index (χ0) is 18.1. The number of methoxy groups -OCH3 is 1. The number of aromatic carboxylic acids is 1. The Morgan fingerprint density at radius 3 is 2.77 bits per heavy atom. The van der Waals surface area contributed by atoms with Crippen LogP contribution < -0.4 is 10.1 Å². The monoisotopic (exact) mass is 351 g/mol. The highest BCUT2D eigenvalue weighted by Crippen LogP contribution is 2.32. The van der Waals surface area contributed by atoms with E-state index in [1.165, 1.54) is 6.20 Å². The first-order valence-corrected chi connectivity index (χ1v) is 8.15. The highest BCUT2D eigenvalue weighted by atomic mass is 16.5. The van der Waals surface area contributed by atoms with Crippen LogP contribution >= 0.6 is 0 Å². The Hall–Kier alpha value is -3.19. The Morgan fingerprint density at radius 1 is 1.27 bits per heavy atom. The summed E-state index contributed by atoms with van der Waals surface area (Å²) in [5.41, 5.74) is 3.69. The smallest absolute Gasteiger partial charge is 0.354 e. The summed E-state index contributed by atoms with van der Waals surface area (Å²) in [6, 6.07) is 9.37. The Kier molecular flexibility index (Phi) is 4.14. The minimum Gasteiger partial charge on any atom is -0.497 e. The molecule has 0 fully saturated rings. The molecule has 7 heteroatoms. The molecule has 0 radical (unpaired) electrons. The number of ether oxygens (including phenoxy) is 2. The molecule has 7 nitrogen and oxygen atoms in total. The number of nitrogens with zero attached hydrogens (tertiary/aromatic N) is 2. The summed E-state index contributed by atoms with van der Waals surface area (Å²) in [6.07, 6.45) is 1.50. The molecule has 1 aliphatic rings. The maximum atomic E-state index is 11.2. The number of pyridine rings is 2. The number of carboxylic acid groups (broad SMARTS) is 1. The standard InChI is InChI=1S/C19H17N3O4/c1-25-12-4-2-11(3-5-12)7-21-18-15-10-26-9-14(15)13-6-16(19(23)24)20-8-17(13)22-18/h2-6,8H,7,9-10H2,1H3,(H,21,22)(H,23,24). The van der Waals surface area contributed by atoms with Gasteiger partial charge in [0.1, 0.15) is 17.3 Å². The van der Waals surface area contributed by atoms with Crippen molar-refractivity contribution in [3.8, 4) is 5.75 Å². The van der Waals surface area contributed by atoms with E-state index in [1.54, 1.807) is 13.2 Å². The van der Waals surface area contributed by atoms with Gasteiger partial charge in [0.15, 0.2) is 0 Å². The van der Waals surface area contributed by atoms with Gasteiger partial charge in [0.2, 0.25) is 0 Å². The van der Waals surface area contributed by atoms with Gasteiger partial charge in [-0.15, -0.1) is 0 Å². The first-order chi connectivity index (χ1) is 12.7. The Bertz CT molecular complexity index is 986. The number of nitrogens with one attached hydrogen (secondary N) is 1. The third kappa shape index (κ3) is 2.93. The molecule has 3 heterocycles. The van der Waals surface area contributed by atoms with Gasteiger partial charge in [-0.3, -0.25) is 0 Å². The molecule has 0 unspecified atom stereocenters. The predicted octanol–water partition coefficient (Wildman–Crippen LogP) is 2.98. The topological polar surface area (TPSA) is 93.6 Å². The quantitative estimate of drug-likeness (QED) is 0.730. The van der Waals surface area contributed by atoms with Gasteiger partial charge in [-0.2, -0.15) is 0 Å². The van der Waals surface area contributed by atoms with E-state index < -0.39 is 5.97 Å². The van der Waals surface area contributed by atoms with Crippen molar-refractivity contribution in [3.05, 3.63) is 58.9 Å². The average molecular weight is 351 g/mol. The summed E-state index contributed by atoms with van der Waals surface area (Å²) in [6.45, 7) is 1.50. The van der Waals surface area contributed by atoms with Crippen LogP contribution in [0.25, 0.3) is 10.9 Å². The maximum Gasteiger partial charge on any atom is 0.354 e. The fraction of sp³-hybridized carbons (Fsp3) is 0.211. The molecular weight excluding hydrogens is 334 g/mol. The zero-order valence-electron chi connectivity index (χ0n) is 14.2. The number of aromatic nitrogens is 2. The van der Waals surface area contributed by atoms with Crippen LogP contribution in [-0.4, -0.2) is 28.2 Å². The number of fused-ring (bicyclic) bond motifs is 3. The van der Waals surface area contributed by atoms with E-state index in [4.69, 9.17) is 14.6 Å². The number of benzene rings is 1. The predicted molar refractivity (Wildman–Crippen MR) is 95.3 cm³/mol. The van der Waals surface area contributed by atoms with Gasteiger partial charge in [0.05, 0.1) is 32.0 Å². The minimum absolute atomic E-state index is 0.00680. The highest BCUT2D eigenvalue weighted by molar-refractivity contribution is 5.93. The molecule has 0 amide bonds. The number of hydrogen-bond donors (Lipinski definition) is 2. The van der Waals surface area contributed by atoms with Gasteiger partial charge >= 0.3 is 5.97 Å². The molecule has 4 rings (SSSR count). The molecule has 0 bridgehead atoms. The molecular formula is C19H17N3O4. The van der Waals surface area contributed by atoms with Crippen molar-refractivity contribution >= 4 is 22.7 Å².